The zero-order valence-electron chi connectivity index (χ0n) is 14.8. The van der Waals surface area contributed by atoms with E-state index in [1.54, 1.807) is 17.0 Å². The molecule has 7 heteroatoms. The Bertz CT molecular complexity index is 827. The molecule has 27 heavy (non-hydrogen) atoms. The molecule has 0 spiro atoms. The summed E-state index contributed by atoms with van der Waals surface area (Å²) in [7, 11) is 0. The SMILES string of the molecule is O=C1N[C@@H]2COC[C@H]1CN(C(=O)Nc1ccccc1Oc1ccccc1)C2. The molecule has 2 bridgehead atoms. The molecule has 2 N–H and O–H groups in total. The van der Waals surface area contributed by atoms with Crippen LogP contribution in [0.2, 0.25) is 0 Å². The number of para-hydroxylation sites is 3. The minimum absolute atomic E-state index is 0.0550. The maximum absolute atomic E-state index is 12.8. The van der Waals surface area contributed by atoms with Crippen LogP contribution < -0.4 is 15.4 Å². The Morgan fingerprint density at radius 2 is 1.85 bits per heavy atom. The Labute approximate surface area is 157 Å². The lowest BCUT2D eigenvalue weighted by Crippen LogP contribution is -2.46. The van der Waals surface area contributed by atoms with Crippen molar-refractivity contribution in [1.82, 2.24) is 10.2 Å². The van der Waals surface area contributed by atoms with Crippen molar-refractivity contribution in [3.05, 3.63) is 54.6 Å². The van der Waals surface area contributed by atoms with E-state index in [0.717, 1.165) is 0 Å². The Balaban J connectivity index is 1.49. The number of nitrogens with one attached hydrogen (secondary N) is 2. The van der Waals surface area contributed by atoms with Crippen LogP contribution in [0.3, 0.4) is 0 Å². The molecule has 7 nitrogen and oxygen atoms in total. The number of fused-ring (bicyclic) bond motifs is 3. The molecule has 0 aromatic heterocycles. The summed E-state index contributed by atoms with van der Waals surface area (Å²) in [5, 5.41) is 5.84. The number of benzene rings is 2. The van der Waals surface area contributed by atoms with Gasteiger partial charge in [-0.25, -0.2) is 4.79 Å². The van der Waals surface area contributed by atoms with Gasteiger partial charge in [0.2, 0.25) is 5.91 Å². The van der Waals surface area contributed by atoms with Crippen molar-refractivity contribution in [3.8, 4) is 11.5 Å². The molecule has 140 valence electrons. The Morgan fingerprint density at radius 3 is 2.70 bits per heavy atom. The van der Waals surface area contributed by atoms with Crippen LogP contribution >= 0.6 is 0 Å². The number of nitrogens with zero attached hydrogens (tertiary/aromatic N) is 1. The Hall–Kier alpha value is -3.06. The molecule has 2 aromatic carbocycles. The van der Waals surface area contributed by atoms with Gasteiger partial charge in [0.15, 0.2) is 5.75 Å². The molecule has 2 aliphatic rings. The quantitative estimate of drug-likeness (QED) is 0.873. The molecule has 2 aromatic rings. The van der Waals surface area contributed by atoms with Gasteiger partial charge in [-0.15, -0.1) is 0 Å². The second-order valence-corrected chi connectivity index (χ2v) is 6.69. The number of rotatable bonds is 3. The summed E-state index contributed by atoms with van der Waals surface area (Å²) >= 11 is 0. The molecule has 3 amide bonds. The second kappa shape index (κ2) is 7.67. The van der Waals surface area contributed by atoms with Crippen LogP contribution in [0.25, 0.3) is 0 Å². The number of hydrogen-bond donors (Lipinski definition) is 2. The third-order valence-corrected chi connectivity index (χ3v) is 4.62. The van der Waals surface area contributed by atoms with Crippen LogP contribution in [0.5, 0.6) is 11.5 Å². The van der Waals surface area contributed by atoms with Crippen LogP contribution in [-0.2, 0) is 9.53 Å². The smallest absolute Gasteiger partial charge is 0.322 e. The van der Waals surface area contributed by atoms with Crippen molar-refractivity contribution in [2.75, 3.05) is 31.6 Å². The van der Waals surface area contributed by atoms with Crippen molar-refractivity contribution >= 4 is 17.6 Å². The lowest BCUT2D eigenvalue weighted by atomic mass is 10.1. The molecule has 2 aliphatic heterocycles. The van der Waals surface area contributed by atoms with Crippen LogP contribution in [0, 0.1) is 5.92 Å². The predicted molar refractivity (Wildman–Crippen MR) is 99.8 cm³/mol. The fraction of sp³-hybridized carbons (Fsp3) is 0.300. The molecule has 0 unspecified atom stereocenters. The maximum atomic E-state index is 12.8. The van der Waals surface area contributed by atoms with Gasteiger partial charge in [-0.2, -0.15) is 0 Å². The molecular formula is C20H21N3O4. The average Bonchev–Trinajstić information content (AvgIpc) is 2.93. The number of ether oxygens (including phenoxy) is 2. The van der Waals surface area contributed by atoms with Crippen LogP contribution in [0.15, 0.2) is 54.6 Å². The van der Waals surface area contributed by atoms with Crippen molar-refractivity contribution in [2.24, 2.45) is 5.92 Å². The fourth-order valence-electron chi connectivity index (χ4n) is 3.26. The number of hydrogen-bond acceptors (Lipinski definition) is 4. The molecule has 2 heterocycles. The first-order valence-electron chi connectivity index (χ1n) is 8.95. The van der Waals surface area contributed by atoms with Gasteiger partial charge in [0.05, 0.1) is 30.9 Å². The second-order valence-electron chi connectivity index (χ2n) is 6.69. The number of anilines is 1. The zero-order valence-corrected chi connectivity index (χ0v) is 14.8. The summed E-state index contributed by atoms with van der Waals surface area (Å²) in [4.78, 5) is 26.6. The van der Waals surface area contributed by atoms with Gasteiger partial charge in [-0.1, -0.05) is 30.3 Å². The molecule has 2 fully saturated rings. The van der Waals surface area contributed by atoms with Gasteiger partial charge >= 0.3 is 6.03 Å². The highest BCUT2D eigenvalue weighted by Gasteiger charge is 2.35. The van der Waals surface area contributed by atoms with E-state index >= 15 is 0 Å². The average molecular weight is 367 g/mol. The predicted octanol–water partition coefficient (Wildman–Crippen LogP) is 2.46. The normalized spacial score (nSPS) is 21.8. The number of amides is 3. The van der Waals surface area contributed by atoms with Gasteiger partial charge < -0.3 is 25.0 Å². The largest absolute Gasteiger partial charge is 0.455 e. The summed E-state index contributed by atoms with van der Waals surface area (Å²) in [6, 6.07) is 16.2. The first-order valence-corrected chi connectivity index (χ1v) is 8.95. The fourth-order valence-corrected chi connectivity index (χ4v) is 3.26. The number of urea groups is 1. The van der Waals surface area contributed by atoms with E-state index in [1.165, 1.54) is 0 Å². The standard InChI is InChI=1S/C20H21N3O4/c24-19-14-10-23(11-15(21-19)13-26-12-14)20(25)22-17-8-4-5-9-18(17)27-16-6-2-1-3-7-16/h1-9,14-15H,10-13H2,(H,21,24)(H,22,25)/t14-,15+/m1/s1. The monoisotopic (exact) mass is 367 g/mol. The van der Waals surface area contributed by atoms with Crippen molar-refractivity contribution in [3.63, 3.8) is 0 Å². The van der Waals surface area contributed by atoms with E-state index in [2.05, 4.69) is 10.6 Å². The molecule has 0 saturated carbocycles. The first kappa shape index (κ1) is 17.4. The molecule has 2 saturated heterocycles. The lowest BCUT2D eigenvalue weighted by Gasteiger charge is -2.28. The lowest BCUT2D eigenvalue weighted by molar-refractivity contribution is -0.125. The maximum Gasteiger partial charge on any atom is 0.322 e. The van der Waals surface area contributed by atoms with E-state index in [0.29, 0.717) is 43.5 Å². The topological polar surface area (TPSA) is 79.9 Å². The molecule has 4 rings (SSSR count). The van der Waals surface area contributed by atoms with Crippen LogP contribution in [-0.4, -0.2) is 49.2 Å². The molecule has 0 radical (unpaired) electrons. The summed E-state index contributed by atoms with van der Waals surface area (Å²) in [6.07, 6.45) is 0. The number of carbonyl (C=O) groups is 2. The first-order chi connectivity index (χ1) is 13.2. The minimum Gasteiger partial charge on any atom is -0.455 e. The summed E-state index contributed by atoms with van der Waals surface area (Å²) in [5.41, 5.74) is 0.580. The third-order valence-electron chi connectivity index (χ3n) is 4.62. The highest BCUT2D eigenvalue weighted by atomic mass is 16.5. The van der Waals surface area contributed by atoms with E-state index in [-0.39, 0.29) is 23.9 Å². The van der Waals surface area contributed by atoms with Crippen LogP contribution in [0.1, 0.15) is 0 Å². The van der Waals surface area contributed by atoms with Gasteiger partial charge in [0, 0.05) is 13.1 Å². The highest BCUT2D eigenvalue weighted by Crippen LogP contribution is 2.29. The third kappa shape index (κ3) is 4.03. The van der Waals surface area contributed by atoms with Crippen LogP contribution in [0.4, 0.5) is 10.5 Å². The van der Waals surface area contributed by atoms with Crippen molar-refractivity contribution in [1.29, 1.82) is 0 Å². The minimum atomic E-state index is -0.348. The summed E-state index contributed by atoms with van der Waals surface area (Å²) in [6.45, 7) is 1.49. The summed E-state index contributed by atoms with van der Waals surface area (Å²) in [5.74, 6) is 0.847. The summed E-state index contributed by atoms with van der Waals surface area (Å²) < 4.78 is 11.4. The van der Waals surface area contributed by atoms with E-state index in [1.807, 2.05) is 42.5 Å². The highest BCUT2D eigenvalue weighted by molar-refractivity contribution is 5.92. The van der Waals surface area contributed by atoms with E-state index in [4.69, 9.17) is 9.47 Å². The molecular weight excluding hydrogens is 346 g/mol. The molecule has 2 atom stereocenters. The van der Waals surface area contributed by atoms with Crippen molar-refractivity contribution in [2.45, 2.75) is 6.04 Å². The van der Waals surface area contributed by atoms with E-state index in [9.17, 15) is 9.59 Å². The van der Waals surface area contributed by atoms with Gasteiger partial charge in [-0.3, -0.25) is 4.79 Å². The zero-order chi connectivity index (χ0) is 18.6. The van der Waals surface area contributed by atoms with Gasteiger partial charge in [0.25, 0.3) is 0 Å². The number of carbonyl (C=O) groups excluding carboxylic acids is 2. The van der Waals surface area contributed by atoms with Gasteiger partial charge in [-0.05, 0) is 24.3 Å². The van der Waals surface area contributed by atoms with Crippen molar-refractivity contribution < 1.29 is 19.1 Å². The van der Waals surface area contributed by atoms with Gasteiger partial charge in [0.1, 0.15) is 5.75 Å². The molecule has 0 aliphatic carbocycles. The van der Waals surface area contributed by atoms with E-state index < -0.39 is 0 Å². The Kier molecular flexibility index (Phi) is 4.93. The Morgan fingerprint density at radius 1 is 1.07 bits per heavy atom.